The van der Waals surface area contributed by atoms with Gasteiger partial charge in [0, 0.05) is 32.0 Å². The molecule has 6 nitrogen and oxygen atoms in total. The molecule has 0 aromatic carbocycles. The minimum Gasteiger partial charge on any atom is -0.473 e. The van der Waals surface area contributed by atoms with Crippen molar-refractivity contribution in [2.75, 3.05) is 13.1 Å². The number of amides is 1. The maximum Gasteiger partial charge on any atom is 0.289 e. The molecule has 2 aromatic rings. The van der Waals surface area contributed by atoms with Gasteiger partial charge in [-0.3, -0.25) is 4.79 Å². The molecule has 1 fully saturated rings. The first kappa shape index (κ1) is 15.0. The fourth-order valence-electron chi connectivity index (χ4n) is 2.38. The van der Waals surface area contributed by atoms with Gasteiger partial charge in [0.2, 0.25) is 5.88 Å². The number of ether oxygens (including phenoxy) is 1. The summed E-state index contributed by atoms with van der Waals surface area (Å²) < 4.78 is 11.7. The lowest BCUT2D eigenvalue weighted by Crippen LogP contribution is -2.41. The number of rotatable bonds is 3. The molecule has 22 heavy (non-hydrogen) atoms. The minimum absolute atomic E-state index is 0.0596. The molecule has 0 radical (unpaired) electrons. The van der Waals surface area contributed by atoms with E-state index < -0.39 is 0 Å². The average Bonchev–Trinajstić information content (AvgIpc) is 2.96. The molecule has 0 N–H and O–H groups in total. The molecule has 1 aliphatic rings. The predicted octanol–water partition coefficient (Wildman–Crippen LogP) is 2.82. The van der Waals surface area contributed by atoms with Crippen LogP contribution in [-0.2, 0) is 0 Å². The van der Waals surface area contributed by atoms with Crippen molar-refractivity contribution < 1.29 is 13.9 Å². The van der Waals surface area contributed by atoms with E-state index in [0.717, 1.165) is 18.5 Å². The molecule has 7 heteroatoms. The highest BCUT2D eigenvalue weighted by molar-refractivity contribution is 9.10. The summed E-state index contributed by atoms with van der Waals surface area (Å²) in [4.78, 5) is 14.0. The molecule has 0 saturated carbocycles. The molecule has 0 atom stereocenters. The second-order valence-corrected chi connectivity index (χ2v) is 6.01. The number of hydrogen-bond acceptors (Lipinski definition) is 5. The van der Waals surface area contributed by atoms with Crippen molar-refractivity contribution >= 4 is 21.8 Å². The fourth-order valence-corrected chi connectivity index (χ4v) is 2.69. The van der Waals surface area contributed by atoms with Gasteiger partial charge in [0.05, 0.1) is 5.69 Å². The molecular weight excluding hydrogens is 350 g/mol. The van der Waals surface area contributed by atoms with Gasteiger partial charge in [0.15, 0.2) is 10.4 Å². The zero-order valence-electron chi connectivity index (χ0n) is 12.2. The Bertz CT molecular complexity index is 648. The number of furan rings is 1. The molecule has 0 spiro atoms. The lowest BCUT2D eigenvalue weighted by Gasteiger charge is -2.31. The number of aryl methyl sites for hydroxylation is 1. The van der Waals surface area contributed by atoms with E-state index in [1.165, 1.54) is 0 Å². The number of nitrogens with zero attached hydrogens (tertiary/aromatic N) is 3. The third-order valence-electron chi connectivity index (χ3n) is 3.57. The summed E-state index contributed by atoms with van der Waals surface area (Å²) in [5.41, 5.74) is 0.859. The summed E-state index contributed by atoms with van der Waals surface area (Å²) in [7, 11) is 0. The van der Waals surface area contributed by atoms with Gasteiger partial charge in [-0.1, -0.05) is 0 Å². The Kier molecular flexibility index (Phi) is 4.42. The normalized spacial score (nSPS) is 15.8. The Morgan fingerprint density at radius 3 is 2.64 bits per heavy atom. The Morgan fingerprint density at radius 2 is 2.05 bits per heavy atom. The third kappa shape index (κ3) is 3.47. The summed E-state index contributed by atoms with van der Waals surface area (Å²) in [5.74, 6) is 0.806. The van der Waals surface area contributed by atoms with Crippen LogP contribution in [0.15, 0.2) is 33.4 Å². The molecule has 3 heterocycles. The molecule has 116 valence electrons. The molecule has 1 aliphatic heterocycles. The first-order valence-corrected chi connectivity index (χ1v) is 7.93. The van der Waals surface area contributed by atoms with Crippen molar-refractivity contribution in [1.82, 2.24) is 15.1 Å². The summed E-state index contributed by atoms with van der Waals surface area (Å²) in [5, 5.41) is 7.98. The van der Waals surface area contributed by atoms with E-state index in [9.17, 15) is 4.79 Å². The maximum absolute atomic E-state index is 12.3. The molecule has 2 aromatic heterocycles. The third-order valence-corrected chi connectivity index (χ3v) is 4.00. The molecule has 3 rings (SSSR count). The Balaban J connectivity index is 1.54. The van der Waals surface area contributed by atoms with E-state index >= 15 is 0 Å². The van der Waals surface area contributed by atoms with Crippen molar-refractivity contribution in [2.45, 2.75) is 25.9 Å². The molecule has 0 bridgehead atoms. The lowest BCUT2D eigenvalue weighted by atomic mass is 10.1. The van der Waals surface area contributed by atoms with Gasteiger partial charge >= 0.3 is 0 Å². The van der Waals surface area contributed by atoms with Crippen molar-refractivity contribution in [3.63, 3.8) is 0 Å². The minimum atomic E-state index is -0.0840. The van der Waals surface area contributed by atoms with Crippen LogP contribution in [0.5, 0.6) is 5.88 Å². The number of halogens is 1. The fraction of sp³-hybridized carbons (Fsp3) is 0.400. The quantitative estimate of drug-likeness (QED) is 0.836. The smallest absolute Gasteiger partial charge is 0.289 e. The first-order valence-electron chi connectivity index (χ1n) is 7.13. The van der Waals surface area contributed by atoms with Gasteiger partial charge in [0.1, 0.15) is 6.10 Å². The van der Waals surface area contributed by atoms with E-state index in [2.05, 4.69) is 26.1 Å². The second-order valence-electron chi connectivity index (χ2n) is 5.23. The summed E-state index contributed by atoms with van der Waals surface area (Å²) in [6, 6.07) is 7.09. The highest BCUT2D eigenvalue weighted by atomic mass is 79.9. The largest absolute Gasteiger partial charge is 0.473 e. The highest BCUT2D eigenvalue weighted by Crippen LogP contribution is 2.20. The van der Waals surface area contributed by atoms with Gasteiger partial charge < -0.3 is 14.1 Å². The molecule has 1 saturated heterocycles. The monoisotopic (exact) mass is 365 g/mol. The molecule has 0 aliphatic carbocycles. The van der Waals surface area contributed by atoms with Crippen LogP contribution in [0, 0.1) is 6.92 Å². The standard InChI is InChI=1S/C15H16BrN3O3/c1-10-2-5-14(18-17-10)21-11-6-8-19(9-7-11)15(20)12-3-4-13(16)22-12/h2-5,11H,6-9H2,1H3. The van der Waals surface area contributed by atoms with Crippen molar-refractivity contribution in [3.8, 4) is 5.88 Å². The highest BCUT2D eigenvalue weighted by Gasteiger charge is 2.26. The van der Waals surface area contributed by atoms with Crippen LogP contribution in [0.2, 0.25) is 0 Å². The van der Waals surface area contributed by atoms with Gasteiger partial charge in [0.25, 0.3) is 5.91 Å². The Labute approximate surface area is 136 Å². The van der Waals surface area contributed by atoms with Crippen molar-refractivity contribution in [2.24, 2.45) is 0 Å². The zero-order valence-corrected chi connectivity index (χ0v) is 13.7. The van der Waals surface area contributed by atoms with Gasteiger partial charge in [-0.2, -0.15) is 5.10 Å². The van der Waals surface area contributed by atoms with Crippen LogP contribution in [0.4, 0.5) is 0 Å². The predicted molar refractivity (Wildman–Crippen MR) is 82.7 cm³/mol. The van der Waals surface area contributed by atoms with Crippen LogP contribution < -0.4 is 4.74 Å². The van der Waals surface area contributed by atoms with Crippen molar-refractivity contribution in [1.29, 1.82) is 0 Å². The summed E-state index contributed by atoms with van der Waals surface area (Å²) in [6.45, 7) is 3.16. The van der Waals surface area contributed by atoms with Gasteiger partial charge in [-0.25, -0.2) is 0 Å². The van der Waals surface area contributed by atoms with Crippen LogP contribution in [0.1, 0.15) is 29.1 Å². The van der Waals surface area contributed by atoms with Gasteiger partial charge in [-0.15, -0.1) is 5.10 Å². The van der Waals surface area contributed by atoms with E-state index in [-0.39, 0.29) is 12.0 Å². The summed E-state index contributed by atoms with van der Waals surface area (Å²) in [6.07, 6.45) is 1.59. The molecule has 0 unspecified atom stereocenters. The van der Waals surface area contributed by atoms with E-state index in [1.807, 2.05) is 19.1 Å². The Morgan fingerprint density at radius 1 is 1.27 bits per heavy atom. The number of carbonyl (C=O) groups excluding carboxylic acids is 1. The number of carbonyl (C=O) groups is 1. The topological polar surface area (TPSA) is 68.5 Å². The van der Waals surface area contributed by atoms with Crippen LogP contribution in [-0.4, -0.2) is 40.2 Å². The van der Waals surface area contributed by atoms with E-state index in [0.29, 0.717) is 29.4 Å². The zero-order chi connectivity index (χ0) is 15.5. The van der Waals surface area contributed by atoms with Crippen LogP contribution in [0.3, 0.4) is 0 Å². The van der Waals surface area contributed by atoms with Gasteiger partial charge in [-0.05, 0) is 41.1 Å². The number of aromatic nitrogens is 2. The number of hydrogen-bond donors (Lipinski definition) is 0. The number of likely N-dealkylation sites (tertiary alicyclic amines) is 1. The Hall–Kier alpha value is -1.89. The second kappa shape index (κ2) is 6.48. The van der Waals surface area contributed by atoms with Crippen molar-refractivity contribution in [3.05, 3.63) is 40.4 Å². The number of piperidine rings is 1. The SMILES string of the molecule is Cc1ccc(OC2CCN(C(=O)c3ccc(Br)o3)CC2)nn1. The van der Waals surface area contributed by atoms with Crippen LogP contribution in [0.25, 0.3) is 0 Å². The maximum atomic E-state index is 12.3. The average molecular weight is 366 g/mol. The molecular formula is C15H16BrN3O3. The lowest BCUT2D eigenvalue weighted by molar-refractivity contribution is 0.0556. The van der Waals surface area contributed by atoms with E-state index in [4.69, 9.17) is 9.15 Å². The summed E-state index contributed by atoms with van der Waals surface area (Å²) >= 11 is 3.21. The first-order chi connectivity index (χ1) is 10.6. The molecule has 1 amide bonds. The van der Waals surface area contributed by atoms with Crippen LogP contribution >= 0.6 is 15.9 Å². The van der Waals surface area contributed by atoms with E-state index in [1.54, 1.807) is 17.0 Å².